The molecule has 1 amide bonds. The number of aromatic nitrogens is 1. The van der Waals surface area contributed by atoms with Crippen molar-refractivity contribution in [3.8, 4) is 11.5 Å². The van der Waals surface area contributed by atoms with Crippen LogP contribution < -0.4 is 9.47 Å². The van der Waals surface area contributed by atoms with Gasteiger partial charge in [-0.2, -0.15) is 0 Å². The Morgan fingerprint density at radius 2 is 1.56 bits per heavy atom. The van der Waals surface area contributed by atoms with Crippen LogP contribution in [-0.4, -0.2) is 43.2 Å². The summed E-state index contributed by atoms with van der Waals surface area (Å²) < 4.78 is 12.8. The zero-order chi connectivity index (χ0) is 22.5. The number of carbonyl (C=O) groups is 1. The number of ether oxygens (including phenoxy) is 2. The molecule has 0 saturated carbocycles. The number of fused-ring (bicyclic) bond motifs is 1. The number of benzene rings is 3. The Morgan fingerprint density at radius 3 is 2.31 bits per heavy atom. The summed E-state index contributed by atoms with van der Waals surface area (Å²) in [5.41, 5.74) is 4.01. The van der Waals surface area contributed by atoms with E-state index in [1.807, 2.05) is 61.6 Å². The van der Waals surface area contributed by atoms with Crippen LogP contribution in [0.1, 0.15) is 21.6 Å². The van der Waals surface area contributed by atoms with Gasteiger partial charge in [-0.05, 0) is 41.8 Å². The average molecular weight is 429 g/mol. The van der Waals surface area contributed by atoms with E-state index in [4.69, 9.17) is 9.47 Å². The minimum atomic E-state index is 0.0117. The van der Waals surface area contributed by atoms with E-state index >= 15 is 0 Å². The summed E-state index contributed by atoms with van der Waals surface area (Å²) in [6.07, 6.45) is 0.724. The zero-order valence-electron chi connectivity index (χ0n) is 18.7. The molecule has 0 aliphatic carbocycles. The third kappa shape index (κ3) is 4.47. The van der Waals surface area contributed by atoms with Gasteiger partial charge in [0.1, 0.15) is 5.69 Å². The number of hydrogen-bond donors (Lipinski definition) is 0. The lowest BCUT2D eigenvalue weighted by atomic mass is 10.1. The molecule has 4 aromatic rings. The normalized spacial score (nSPS) is 10.8. The molecule has 0 bridgehead atoms. The number of nitrogens with zero attached hydrogens (tertiary/aromatic N) is 2. The Morgan fingerprint density at radius 1 is 0.844 bits per heavy atom. The number of amides is 1. The van der Waals surface area contributed by atoms with Crippen LogP contribution in [0.3, 0.4) is 0 Å². The van der Waals surface area contributed by atoms with Gasteiger partial charge in [0.25, 0.3) is 5.91 Å². The van der Waals surface area contributed by atoms with Gasteiger partial charge in [-0.25, -0.2) is 0 Å². The highest BCUT2D eigenvalue weighted by Crippen LogP contribution is 2.28. The van der Waals surface area contributed by atoms with Crippen molar-refractivity contribution < 1.29 is 14.3 Å². The van der Waals surface area contributed by atoms with E-state index in [0.717, 1.165) is 28.5 Å². The molecular formula is C27H28N2O3. The maximum Gasteiger partial charge on any atom is 0.270 e. The topological polar surface area (TPSA) is 43.7 Å². The van der Waals surface area contributed by atoms with E-state index in [1.54, 1.807) is 19.1 Å². The monoisotopic (exact) mass is 428 g/mol. The van der Waals surface area contributed by atoms with Gasteiger partial charge in [0.05, 0.1) is 14.2 Å². The molecule has 164 valence electrons. The van der Waals surface area contributed by atoms with Gasteiger partial charge in [0.2, 0.25) is 0 Å². The van der Waals surface area contributed by atoms with Crippen LogP contribution in [0.25, 0.3) is 10.9 Å². The van der Waals surface area contributed by atoms with Gasteiger partial charge in [0.15, 0.2) is 11.5 Å². The van der Waals surface area contributed by atoms with Crippen LogP contribution in [0.15, 0.2) is 78.9 Å². The Hall–Kier alpha value is -3.73. The minimum Gasteiger partial charge on any atom is -0.493 e. The van der Waals surface area contributed by atoms with Crippen molar-refractivity contribution in [3.63, 3.8) is 0 Å². The number of methoxy groups -OCH3 is 2. The summed E-state index contributed by atoms with van der Waals surface area (Å²) in [7, 11) is 5.11. The SMILES string of the molecule is COc1ccc(CCN(C)C(=O)c2cc3ccccc3n2Cc2ccccc2)cc1OC. The highest BCUT2D eigenvalue weighted by Gasteiger charge is 2.19. The first-order valence-corrected chi connectivity index (χ1v) is 10.7. The summed E-state index contributed by atoms with van der Waals surface area (Å²) >= 11 is 0. The van der Waals surface area contributed by atoms with Gasteiger partial charge in [-0.3, -0.25) is 4.79 Å². The van der Waals surface area contributed by atoms with Crippen LogP contribution in [0.5, 0.6) is 11.5 Å². The Kier molecular flexibility index (Phi) is 6.45. The van der Waals surface area contributed by atoms with Crippen molar-refractivity contribution in [1.29, 1.82) is 0 Å². The van der Waals surface area contributed by atoms with E-state index in [1.165, 1.54) is 0 Å². The van der Waals surface area contributed by atoms with Crippen molar-refractivity contribution >= 4 is 16.8 Å². The molecule has 0 saturated heterocycles. The second kappa shape index (κ2) is 9.60. The third-order valence-corrected chi connectivity index (χ3v) is 5.74. The summed E-state index contributed by atoms with van der Waals surface area (Å²) in [4.78, 5) is 15.2. The molecular weight excluding hydrogens is 400 g/mol. The molecule has 0 fully saturated rings. The minimum absolute atomic E-state index is 0.0117. The van der Waals surface area contributed by atoms with Crippen LogP contribution in [-0.2, 0) is 13.0 Å². The second-order valence-electron chi connectivity index (χ2n) is 7.83. The van der Waals surface area contributed by atoms with E-state index < -0.39 is 0 Å². The maximum absolute atomic E-state index is 13.4. The number of likely N-dealkylation sites (N-methyl/N-ethyl adjacent to an activating group) is 1. The number of rotatable bonds is 8. The van der Waals surface area contributed by atoms with Crippen LogP contribution in [0.2, 0.25) is 0 Å². The molecule has 0 spiro atoms. The molecule has 3 aromatic carbocycles. The highest BCUT2D eigenvalue weighted by molar-refractivity contribution is 5.98. The molecule has 0 aliphatic heterocycles. The van der Waals surface area contributed by atoms with Crippen LogP contribution in [0, 0.1) is 0 Å². The molecule has 1 heterocycles. The summed E-state index contributed by atoms with van der Waals surface area (Å²) in [6.45, 7) is 1.25. The third-order valence-electron chi connectivity index (χ3n) is 5.74. The Balaban J connectivity index is 1.56. The molecule has 0 N–H and O–H groups in total. The molecule has 0 unspecified atom stereocenters. The van der Waals surface area contributed by atoms with Crippen LogP contribution in [0.4, 0.5) is 0 Å². The largest absolute Gasteiger partial charge is 0.493 e. The standard InChI is InChI=1S/C27H28N2O3/c1-28(16-15-20-13-14-25(31-2)26(17-20)32-3)27(30)24-18-22-11-7-8-12-23(22)29(24)19-21-9-5-4-6-10-21/h4-14,17-18H,15-16,19H2,1-3H3. The van der Waals surface area contributed by atoms with E-state index in [9.17, 15) is 4.79 Å². The number of para-hydroxylation sites is 1. The molecule has 4 rings (SSSR count). The van der Waals surface area contributed by atoms with E-state index in [0.29, 0.717) is 30.3 Å². The number of hydrogen-bond acceptors (Lipinski definition) is 3. The molecule has 1 aromatic heterocycles. The fourth-order valence-electron chi connectivity index (χ4n) is 3.95. The quantitative estimate of drug-likeness (QED) is 0.396. The number of carbonyl (C=O) groups excluding carboxylic acids is 1. The van der Waals surface area contributed by atoms with Crippen molar-refractivity contribution in [1.82, 2.24) is 9.47 Å². The summed E-state index contributed by atoms with van der Waals surface area (Å²) in [6, 6.07) is 26.2. The fraction of sp³-hybridized carbons (Fsp3) is 0.222. The predicted molar refractivity (Wildman–Crippen MR) is 128 cm³/mol. The lowest BCUT2D eigenvalue weighted by Crippen LogP contribution is -2.30. The first-order valence-electron chi connectivity index (χ1n) is 10.7. The van der Waals surface area contributed by atoms with Crippen LogP contribution >= 0.6 is 0 Å². The first-order chi connectivity index (χ1) is 15.6. The van der Waals surface area contributed by atoms with Crippen molar-refractivity contribution in [2.45, 2.75) is 13.0 Å². The average Bonchev–Trinajstić information content (AvgIpc) is 3.20. The highest BCUT2D eigenvalue weighted by atomic mass is 16.5. The van der Waals surface area contributed by atoms with Gasteiger partial charge >= 0.3 is 0 Å². The van der Waals surface area contributed by atoms with Crippen molar-refractivity contribution in [2.24, 2.45) is 0 Å². The second-order valence-corrected chi connectivity index (χ2v) is 7.83. The van der Waals surface area contributed by atoms with Crippen molar-refractivity contribution in [3.05, 3.63) is 95.7 Å². The molecule has 32 heavy (non-hydrogen) atoms. The molecule has 5 heteroatoms. The Labute approximate surface area is 188 Å². The van der Waals surface area contributed by atoms with Gasteiger partial charge in [-0.15, -0.1) is 0 Å². The molecule has 0 aliphatic rings. The first kappa shape index (κ1) is 21.5. The summed E-state index contributed by atoms with van der Waals surface area (Å²) in [5.74, 6) is 1.41. The smallest absolute Gasteiger partial charge is 0.270 e. The van der Waals surface area contributed by atoms with Gasteiger partial charge < -0.3 is 18.9 Å². The van der Waals surface area contributed by atoms with Gasteiger partial charge in [-0.1, -0.05) is 54.6 Å². The molecule has 0 atom stereocenters. The molecule has 0 radical (unpaired) electrons. The summed E-state index contributed by atoms with van der Waals surface area (Å²) in [5, 5.41) is 1.07. The van der Waals surface area contributed by atoms with E-state index in [2.05, 4.69) is 28.8 Å². The fourth-order valence-corrected chi connectivity index (χ4v) is 3.95. The predicted octanol–water partition coefficient (Wildman–Crippen LogP) is 5.02. The lowest BCUT2D eigenvalue weighted by Gasteiger charge is -2.19. The zero-order valence-corrected chi connectivity index (χ0v) is 18.7. The Bertz CT molecular complexity index is 1210. The van der Waals surface area contributed by atoms with Crippen molar-refractivity contribution in [2.75, 3.05) is 27.8 Å². The van der Waals surface area contributed by atoms with Gasteiger partial charge in [0, 0.05) is 31.0 Å². The van der Waals surface area contributed by atoms with E-state index in [-0.39, 0.29) is 5.91 Å². The lowest BCUT2D eigenvalue weighted by molar-refractivity contribution is 0.0787. The maximum atomic E-state index is 13.4. The molecule has 5 nitrogen and oxygen atoms in total.